The fourth-order valence-corrected chi connectivity index (χ4v) is 12.9. The van der Waals surface area contributed by atoms with E-state index >= 15 is 0 Å². The molecule has 4 aliphatic carbocycles. The number of carbonyl (C=O) groups excluding carboxylic acids is 2. The minimum atomic E-state index is -1.61. The maximum Gasteiger partial charge on any atom is 0.338 e. The van der Waals surface area contributed by atoms with Crippen LogP contribution in [0.15, 0.2) is 35.9 Å². The quantitative estimate of drug-likeness (QED) is 0.104. The molecule has 1 aromatic carbocycles. The molecule has 6 N–H and O–H groups in total. The first kappa shape index (κ1) is 46.4. The predicted octanol–water partition coefficient (Wildman–Crippen LogP) is 5.78. The lowest BCUT2D eigenvalue weighted by Crippen LogP contribution is -2.67. The van der Waals surface area contributed by atoms with Crippen molar-refractivity contribution in [2.75, 3.05) is 6.61 Å². The number of aliphatic hydroxyl groups is 4. The van der Waals surface area contributed by atoms with Gasteiger partial charge in [-0.2, -0.15) is 0 Å². The number of benzene rings is 1. The fourth-order valence-electron chi connectivity index (χ4n) is 12.9. The van der Waals surface area contributed by atoms with Crippen LogP contribution in [0.2, 0.25) is 0 Å². The lowest BCUT2D eigenvalue weighted by atomic mass is 9.47. The Morgan fingerprint density at radius 2 is 1.69 bits per heavy atom. The molecule has 1 aromatic rings. The van der Waals surface area contributed by atoms with Gasteiger partial charge in [0.25, 0.3) is 0 Å². The smallest absolute Gasteiger partial charge is 0.338 e. The third-order valence-corrected chi connectivity index (χ3v) is 16.2. The van der Waals surface area contributed by atoms with Gasteiger partial charge >= 0.3 is 5.97 Å². The average molecular weight is 856 g/mol. The zero-order valence-electron chi connectivity index (χ0n) is 37.3. The van der Waals surface area contributed by atoms with Gasteiger partial charge in [0, 0.05) is 6.92 Å². The Bertz CT molecular complexity index is 1720. The van der Waals surface area contributed by atoms with Crippen molar-refractivity contribution in [2.24, 2.45) is 46.3 Å². The first-order valence-electron chi connectivity index (χ1n) is 23.2. The summed E-state index contributed by atoms with van der Waals surface area (Å²) in [6, 6.07) is 4.33. The minimum absolute atomic E-state index is 0.0537. The van der Waals surface area contributed by atoms with Crippen molar-refractivity contribution >= 4 is 11.9 Å². The third-order valence-electron chi connectivity index (χ3n) is 16.2. The molecule has 0 aromatic heterocycles. The van der Waals surface area contributed by atoms with Crippen molar-refractivity contribution in [3.63, 3.8) is 0 Å². The number of phenols is 1. The molecule has 18 atom stereocenters. The number of allylic oxidation sites excluding steroid dienone is 1. The Labute approximate surface area is 361 Å². The standard InChI is InChI=1S/C48H73NO12/c1-25(2)10-8-11-26(3)34-16-17-35-33-15-14-30-23-32(18-20-47(30,6)36(33)19-21-48(34,35)7)58-46-41(55)43(42(27(4)57-46)60-44(56)29-12-9-13-31(52)22-29)61-45-38(49-28(5)51)40(54)39(53)37(24-50)59-45/h9,12-14,22,25-27,32-43,45-46,50,52-55H,8,10-11,15-21,23-24H2,1-7H3,(H,49,51)/t26-,27+,32+,33+,34-,35+,36+,37-,38-,39-,40-,41-,42+,43+,45+,46+,47+,48-/m1/s1. The van der Waals surface area contributed by atoms with E-state index in [4.69, 9.17) is 23.7 Å². The van der Waals surface area contributed by atoms with Crippen molar-refractivity contribution in [3.8, 4) is 5.75 Å². The SMILES string of the molecule is CC(=O)N[C@H]1[C@H](O[C@H]2[C@@H](O)[C@H](O[C@H]3CC[C@@]4(C)C(=CC[C@H]5[C@@H]6CC[C@H]([C@H](C)CCCC(C)C)[C@@]6(C)CC[C@@H]54)C3)O[C@@H](C)[C@@H]2OC(=O)c2cccc(O)c2)O[C@H](CO)[C@@H](O)[C@@H]1O. The molecule has 13 nitrogen and oxygen atoms in total. The Hall–Kier alpha value is -2.62. The largest absolute Gasteiger partial charge is 0.508 e. The number of fused-ring (bicyclic) bond motifs is 5. The molecule has 342 valence electrons. The van der Waals surface area contributed by atoms with E-state index in [1.54, 1.807) is 6.92 Å². The third kappa shape index (κ3) is 9.32. The number of hydrogen-bond acceptors (Lipinski definition) is 12. The van der Waals surface area contributed by atoms with E-state index in [0.29, 0.717) is 23.7 Å². The molecule has 3 saturated carbocycles. The molecule has 0 bridgehead atoms. The fraction of sp³-hybridized carbons (Fsp3) is 0.792. The lowest BCUT2D eigenvalue weighted by Gasteiger charge is -2.58. The summed E-state index contributed by atoms with van der Waals surface area (Å²) in [6.07, 6.45) is 2.75. The number of phenolic OH excluding ortho intramolecular Hbond substituents is 1. The number of ether oxygens (including phenoxy) is 5. The molecule has 7 rings (SSSR count). The van der Waals surface area contributed by atoms with Crippen LogP contribution in [0.5, 0.6) is 5.75 Å². The second-order valence-electron chi connectivity index (χ2n) is 20.4. The Morgan fingerprint density at radius 1 is 0.918 bits per heavy atom. The van der Waals surface area contributed by atoms with Gasteiger partial charge in [0.15, 0.2) is 18.7 Å². The zero-order valence-corrected chi connectivity index (χ0v) is 37.3. The number of rotatable bonds is 13. The van der Waals surface area contributed by atoms with E-state index in [0.717, 1.165) is 42.9 Å². The van der Waals surface area contributed by atoms with Gasteiger partial charge in [-0.1, -0.05) is 71.6 Å². The first-order chi connectivity index (χ1) is 28.9. The average Bonchev–Trinajstić information content (AvgIpc) is 3.57. The number of amides is 1. The van der Waals surface area contributed by atoms with Crippen LogP contribution in [0.4, 0.5) is 0 Å². The summed E-state index contributed by atoms with van der Waals surface area (Å²) in [4.78, 5) is 25.7. The maximum atomic E-state index is 13.4. The van der Waals surface area contributed by atoms with Crippen molar-refractivity contribution in [2.45, 2.75) is 187 Å². The minimum Gasteiger partial charge on any atom is -0.508 e. The molecule has 2 saturated heterocycles. The van der Waals surface area contributed by atoms with Crippen LogP contribution in [-0.2, 0) is 28.5 Å². The molecule has 2 aliphatic heterocycles. The summed E-state index contributed by atoms with van der Waals surface area (Å²) in [7, 11) is 0. The molecule has 0 radical (unpaired) electrons. The van der Waals surface area contributed by atoms with Gasteiger partial charge in [-0.3, -0.25) is 4.79 Å². The second kappa shape index (κ2) is 18.8. The molecule has 13 heteroatoms. The highest BCUT2D eigenvalue weighted by Gasteiger charge is 2.60. The highest BCUT2D eigenvalue weighted by Crippen LogP contribution is 2.67. The van der Waals surface area contributed by atoms with Gasteiger partial charge in [-0.15, -0.1) is 0 Å². The number of hydrogen-bond donors (Lipinski definition) is 6. The number of carbonyl (C=O) groups is 2. The summed E-state index contributed by atoms with van der Waals surface area (Å²) in [6.45, 7) is 14.5. The Morgan fingerprint density at radius 3 is 2.39 bits per heavy atom. The molecular weight excluding hydrogens is 783 g/mol. The molecule has 2 heterocycles. The zero-order chi connectivity index (χ0) is 44.0. The van der Waals surface area contributed by atoms with Crippen LogP contribution in [0, 0.1) is 46.3 Å². The lowest BCUT2D eigenvalue weighted by molar-refractivity contribution is -0.348. The normalized spacial score (nSPS) is 42.8. The van der Waals surface area contributed by atoms with Crippen molar-refractivity contribution in [1.29, 1.82) is 0 Å². The number of aromatic hydroxyl groups is 1. The van der Waals surface area contributed by atoms with E-state index in [-0.39, 0.29) is 22.8 Å². The Balaban J connectivity index is 1.07. The molecule has 6 aliphatic rings. The summed E-state index contributed by atoms with van der Waals surface area (Å²) in [5, 5.41) is 56.3. The number of nitrogens with one attached hydrogen (secondary N) is 1. The van der Waals surface area contributed by atoms with E-state index in [9.17, 15) is 35.1 Å². The van der Waals surface area contributed by atoms with E-state index in [2.05, 4.69) is 46.0 Å². The highest BCUT2D eigenvalue weighted by molar-refractivity contribution is 5.90. The van der Waals surface area contributed by atoms with Crippen LogP contribution in [0.3, 0.4) is 0 Å². The van der Waals surface area contributed by atoms with Gasteiger partial charge in [0.2, 0.25) is 5.91 Å². The van der Waals surface area contributed by atoms with Crippen molar-refractivity contribution in [3.05, 3.63) is 41.5 Å². The van der Waals surface area contributed by atoms with Crippen molar-refractivity contribution in [1.82, 2.24) is 5.32 Å². The van der Waals surface area contributed by atoms with E-state index < -0.39 is 79.8 Å². The Kier molecular flexibility index (Phi) is 14.3. The van der Waals surface area contributed by atoms with Crippen molar-refractivity contribution < 1.29 is 58.8 Å². The summed E-state index contributed by atoms with van der Waals surface area (Å²) in [5.41, 5.74) is 1.96. The van der Waals surface area contributed by atoms with E-state index in [1.807, 2.05) is 0 Å². The molecular formula is C48H73NO12. The highest BCUT2D eigenvalue weighted by atomic mass is 16.7. The van der Waals surface area contributed by atoms with Gasteiger partial charge in [-0.05, 0) is 123 Å². The summed E-state index contributed by atoms with van der Waals surface area (Å²) >= 11 is 0. The van der Waals surface area contributed by atoms with Gasteiger partial charge < -0.3 is 54.5 Å². The molecule has 0 unspecified atom stereocenters. The van der Waals surface area contributed by atoms with Gasteiger partial charge in [-0.25, -0.2) is 4.79 Å². The van der Waals surface area contributed by atoms with E-state index in [1.165, 1.54) is 81.7 Å². The van der Waals surface area contributed by atoms with Crippen LogP contribution in [0.25, 0.3) is 0 Å². The van der Waals surface area contributed by atoms with Gasteiger partial charge in [0.1, 0.15) is 42.3 Å². The maximum absolute atomic E-state index is 13.4. The van der Waals surface area contributed by atoms with Crippen LogP contribution in [-0.4, -0.2) is 111 Å². The van der Waals surface area contributed by atoms with Crippen LogP contribution in [0.1, 0.15) is 129 Å². The monoisotopic (exact) mass is 856 g/mol. The molecule has 5 fully saturated rings. The van der Waals surface area contributed by atoms with Crippen LogP contribution >= 0.6 is 0 Å². The summed E-state index contributed by atoms with van der Waals surface area (Å²) < 4.78 is 31.1. The topological polar surface area (TPSA) is 193 Å². The first-order valence-corrected chi connectivity index (χ1v) is 23.2. The number of esters is 1. The number of aliphatic hydroxyl groups excluding tert-OH is 4. The summed E-state index contributed by atoms with van der Waals surface area (Å²) in [5.74, 6) is 2.89. The molecule has 1 amide bonds. The predicted molar refractivity (Wildman–Crippen MR) is 226 cm³/mol. The molecule has 61 heavy (non-hydrogen) atoms. The van der Waals surface area contributed by atoms with Gasteiger partial charge in [0.05, 0.1) is 24.4 Å². The molecule has 0 spiro atoms. The van der Waals surface area contributed by atoms with Crippen LogP contribution < -0.4 is 5.32 Å². The second-order valence-corrected chi connectivity index (χ2v) is 20.4.